The maximum atomic E-state index is 12.2. The van der Waals surface area contributed by atoms with Crippen LogP contribution in [0.25, 0.3) is 0 Å². The van der Waals surface area contributed by atoms with Gasteiger partial charge in [0.1, 0.15) is 11.5 Å². The first-order valence-corrected chi connectivity index (χ1v) is 10.5. The number of hydrogen-bond acceptors (Lipinski definition) is 4. The van der Waals surface area contributed by atoms with Gasteiger partial charge in [0.2, 0.25) is 0 Å². The predicted octanol–water partition coefficient (Wildman–Crippen LogP) is 6.29. The normalized spacial score (nSPS) is 10.4. The predicted molar refractivity (Wildman–Crippen MR) is 117 cm³/mol. The van der Waals surface area contributed by atoms with Gasteiger partial charge >= 0.3 is 11.9 Å². The Morgan fingerprint density at radius 1 is 0.767 bits per heavy atom. The minimum absolute atomic E-state index is 0.139. The summed E-state index contributed by atoms with van der Waals surface area (Å²) < 4.78 is 11.0. The van der Waals surface area contributed by atoms with Crippen LogP contribution < -0.4 is 9.47 Å². The maximum absolute atomic E-state index is 12.2. The topological polar surface area (TPSA) is 72.8 Å². The van der Waals surface area contributed by atoms with E-state index in [1.54, 1.807) is 24.3 Å². The van der Waals surface area contributed by atoms with Crippen molar-refractivity contribution in [2.75, 3.05) is 6.61 Å². The first-order valence-electron chi connectivity index (χ1n) is 10.5. The van der Waals surface area contributed by atoms with Gasteiger partial charge in [-0.3, -0.25) is 0 Å². The highest BCUT2D eigenvalue weighted by Gasteiger charge is 2.10. The van der Waals surface area contributed by atoms with E-state index in [0.29, 0.717) is 17.9 Å². The standard InChI is InChI=1S/C25H30O5/c1-2-3-4-5-6-7-8-9-10-19-29-22-15-13-21(14-16-22)25(28)30-23-17-11-20(12-18-23)24(26)27/h2,11-18H,1,3-10,19H2,(H,26,27). The van der Waals surface area contributed by atoms with Crippen molar-refractivity contribution in [3.63, 3.8) is 0 Å². The summed E-state index contributed by atoms with van der Waals surface area (Å²) in [5.74, 6) is -0.506. The van der Waals surface area contributed by atoms with Crippen LogP contribution in [0.1, 0.15) is 72.1 Å². The molecule has 160 valence electrons. The molecule has 0 aliphatic carbocycles. The van der Waals surface area contributed by atoms with Gasteiger partial charge in [-0.15, -0.1) is 6.58 Å². The zero-order valence-electron chi connectivity index (χ0n) is 17.3. The number of carbonyl (C=O) groups excluding carboxylic acids is 1. The van der Waals surface area contributed by atoms with Crippen molar-refractivity contribution in [3.05, 3.63) is 72.3 Å². The second-order valence-corrected chi connectivity index (χ2v) is 7.14. The molecule has 5 nitrogen and oxygen atoms in total. The van der Waals surface area contributed by atoms with Gasteiger partial charge < -0.3 is 14.6 Å². The Kier molecular flexibility index (Phi) is 10.2. The molecule has 1 N–H and O–H groups in total. The van der Waals surface area contributed by atoms with E-state index in [4.69, 9.17) is 14.6 Å². The second-order valence-electron chi connectivity index (χ2n) is 7.14. The quantitative estimate of drug-likeness (QED) is 0.171. The van der Waals surface area contributed by atoms with Crippen LogP contribution in [0.15, 0.2) is 61.2 Å². The summed E-state index contributed by atoms with van der Waals surface area (Å²) in [6.45, 7) is 4.40. The Bertz CT molecular complexity index is 793. The number of ether oxygens (including phenoxy) is 2. The van der Waals surface area contributed by atoms with Gasteiger partial charge in [0, 0.05) is 0 Å². The molecular weight excluding hydrogens is 380 g/mol. The number of carboxylic acids is 1. The maximum Gasteiger partial charge on any atom is 0.343 e. The molecule has 0 bridgehead atoms. The average Bonchev–Trinajstić information content (AvgIpc) is 2.76. The van der Waals surface area contributed by atoms with Crippen molar-refractivity contribution < 1.29 is 24.2 Å². The summed E-state index contributed by atoms with van der Waals surface area (Å²) in [4.78, 5) is 23.1. The molecule has 0 amide bonds. The van der Waals surface area contributed by atoms with Gasteiger partial charge in [-0.2, -0.15) is 0 Å². The Hall–Kier alpha value is -3.08. The van der Waals surface area contributed by atoms with Crippen LogP contribution in [0.3, 0.4) is 0 Å². The third-order valence-electron chi connectivity index (χ3n) is 4.72. The van der Waals surface area contributed by atoms with E-state index in [1.165, 1.54) is 56.4 Å². The molecule has 2 aromatic carbocycles. The van der Waals surface area contributed by atoms with Crippen LogP contribution >= 0.6 is 0 Å². The van der Waals surface area contributed by atoms with Crippen molar-refractivity contribution in [1.82, 2.24) is 0 Å². The minimum Gasteiger partial charge on any atom is -0.494 e. The number of carbonyl (C=O) groups is 2. The zero-order chi connectivity index (χ0) is 21.6. The van der Waals surface area contributed by atoms with Crippen molar-refractivity contribution in [1.29, 1.82) is 0 Å². The van der Waals surface area contributed by atoms with E-state index < -0.39 is 11.9 Å². The molecule has 2 aromatic rings. The molecule has 0 aromatic heterocycles. The van der Waals surface area contributed by atoms with Gasteiger partial charge in [0.05, 0.1) is 17.7 Å². The van der Waals surface area contributed by atoms with Crippen LogP contribution in [0.4, 0.5) is 0 Å². The largest absolute Gasteiger partial charge is 0.494 e. The molecule has 0 saturated heterocycles. The first kappa shape index (κ1) is 23.2. The first-order chi connectivity index (χ1) is 14.6. The highest BCUT2D eigenvalue weighted by molar-refractivity contribution is 5.91. The number of carboxylic acid groups (broad SMARTS) is 1. The van der Waals surface area contributed by atoms with Crippen molar-refractivity contribution in [2.24, 2.45) is 0 Å². The van der Waals surface area contributed by atoms with Crippen LogP contribution in [0.5, 0.6) is 11.5 Å². The summed E-state index contributed by atoms with van der Waals surface area (Å²) in [6.07, 6.45) is 11.6. The Labute approximate surface area is 178 Å². The number of benzene rings is 2. The van der Waals surface area contributed by atoms with Crippen LogP contribution in [0.2, 0.25) is 0 Å². The summed E-state index contributed by atoms with van der Waals surface area (Å²) >= 11 is 0. The number of rotatable bonds is 14. The minimum atomic E-state index is -1.03. The van der Waals surface area contributed by atoms with Gasteiger partial charge in [-0.05, 0) is 67.8 Å². The number of hydrogen-bond donors (Lipinski definition) is 1. The van der Waals surface area contributed by atoms with Crippen LogP contribution in [0, 0.1) is 0 Å². The number of unbranched alkanes of at least 4 members (excludes halogenated alkanes) is 7. The third-order valence-corrected chi connectivity index (χ3v) is 4.72. The van der Waals surface area contributed by atoms with E-state index in [2.05, 4.69) is 6.58 Å². The Morgan fingerprint density at radius 3 is 1.90 bits per heavy atom. The summed E-state index contributed by atoms with van der Waals surface area (Å²) in [7, 11) is 0. The molecule has 0 fully saturated rings. The average molecular weight is 411 g/mol. The lowest BCUT2D eigenvalue weighted by atomic mass is 10.1. The lowest BCUT2D eigenvalue weighted by molar-refractivity contribution is 0.0696. The highest BCUT2D eigenvalue weighted by atomic mass is 16.5. The molecular formula is C25H30O5. The number of esters is 1. The van der Waals surface area contributed by atoms with E-state index in [1.807, 2.05) is 6.08 Å². The molecule has 0 saturated carbocycles. The van der Waals surface area contributed by atoms with E-state index >= 15 is 0 Å². The van der Waals surface area contributed by atoms with Gasteiger partial charge in [-0.1, -0.05) is 38.2 Å². The molecule has 0 unspecified atom stereocenters. The fourth-order valence-corrected chi connectivity index (χ4v) is 2.98. The Balaban J connectivity index is 1.65. The molecule has 0 spiro atoms. The fraction of sp³-hybridized carbons (Fsp3) is 0.360. The fourth-order valence-electron chi connectivity index (χ4n) is 2.98. The van der Waals surface area contributed by atoms with E-state index in [9.17, 15) is 9.59 Å². The monoisotopic (exact) mass is 410 g/mol. The lowest BCUT2D eigenvalue weighted by Gasteiger charge is -2.08. The zero-order valence-corrected chi connectivity index (χ0v) is 17.3. The van der Waals surface area contributed by atoms with Crippen LogP contribution in [-0.4, -0.2) is 23.7 Å². The SMILES string of the molecule is C=CCCCCCCCCCOc1ccc(C(=O)Oc2ccc(C(=O)O)cc2)cc1. The smallest absolute Gasteiger partial charge is 0.343 e. The molecule has 0 atom stereocenters. The highest BCUT2D eigenvalue weighted by Crippen LogP contribution is 2.17. The number of allylic oxidation sites excluding steroid dienone is 1. The van der Waals surface area contributed by atoms with Gasteiger partial charge in [0.15, 0.2) is 0 Å². The van der Waals surface area contributed by atoms with Gasteiger partial charge in [-0.25, -0.2) is 9.59 Å². The van der Waals surface area contributed by atoms with E-state index in [0.717, 1.165) is 25.0 Å². The lowest BCUT2D eigenvalue weighted by Crippen LogP contribution is -2.08. The Morgan fingerprint density at radius 2 is 1.30 bits per heavy atom. The summed E-state index contributed by atoms with van der Waals surface area (Å²) in [5.41, 5.74) is 0.543. The van der Waals surface area contributed by atoms with Gasteiger partial charge in [0.25, 0.3) is 0 Å². The molecule has 30 heavy (non-hydrogen) atoms. The van der Waals surface area contributed by atoms with Crippen molar-refractivity contribution in [3.8, 4) is 11.5 Å². The van der Waals surface area contributed by atoms with Crippen LogP contribution in [-0.2, 0) is 0 Å². The molecule has 0 aliphatic heterocycles. The van der Waals surface area contributed by atoms with Crippen molar-refractivity contribution in [2.45, 2.75) is 51.4 Å². The molecule has 2 rings (SSSR count). The third kappa shape index (κ3) is 8.52. The molecule has 5 heteroatoms. The summed E-state index contributed by atoms with van der Waals surface area (Å²) in [6, 6.07) is 12.5. The summed E-state index contributed by atoms with van der Waals surface area (Å²) in [5, 5.41) is 8.89. The van der Waals surface area contributed by atoms with E-state index in [-0.39, 0.29) is 5.56 Å². The van der Waals surface area contributed by atoms with Crippen molar-refractivity contribution >= 4 is 11.9 Å². The number of aromatic carboxylic acids is 1. The molecule has 0 heterocycles. The molecule has 0 aliphatic rings. The second kappa shape index (κ2) is 13.2. The molecule has 0 radical (unpaired) electrons.